The number of nitrogens with one attached hydrogen (secondary N) is 3. The normalized spacial score (nSPS) is 14.3. The van der Waals surface area contributed by atoms with Gasteiger partial charge in [0, 0.05) is 17.0 Å². The van der Waals surface area contributed by atoms with Crippen molar-refractivity contribution in [3.05, 3.63) is 72.3 Å². The summed E-state index contributed by atoms with van der Waals surface area (Å²) in [6.07, 6.45) is 1.97. The maximum Gasteiger partial charge on any atom is 0.319 e. The van der Waals surface area contributed by atoms with Crippen LogP contribution in [0.5, 0.6) is 0 Å². The van der Waals surface area contributed by atoms with Crippen LogP contribution in [0.25, 0.3) is 10.8 Å². The predicted molar refractivity (Wildman–Crippen MR) is 112 cm³/mol. The molecule has 1 saturated carbocycles. The number of urea groups is 1. The molecule has 1 atom stereocenters. The molecule has 4 rings (SSSR count). The first-order valence-corrected chi connectivity index (χ1v) is 9.56. The average Bonchev–Trinajstić information content (AvgIpc) is 3.54. The molecule has 0 heterocycles. The van der Waals surface area contributed by atoms with Crippen molar-refractivity contribution in [1.29, 1.82) is 0 Å². The zero-order chi connectivity index (χ0) is 19.5. The van der Waals surface area contributed by atoms with E-state index in [4.69, 9.17) is 0 Å². The SMILES string of the molecule is CC(NC(=O)Nc1cccc2ccccc12)c1ccc(NC(=O)C2CC2)cc1. The highest BCUT2D eigenvalue weighted by Crippen LogP contribution is 2.30. The zero-order valence-corrected chi connectivity index (χ0v) is 15.7. The van der Waals surface area contributed by atoms with Gasteiger partial charge in [-0.25, -0.2) is 4.79 Å². The minimum Gasteiger partial charge on any atom is -0.331 e. The van der Waals surface area contributed by atoms with Crippen molar-refractivity contribution in [2.45, 2.75) is 25.8 Å². The molecule has 1 aliphatic rings. The fraction of sp³-hybridized carbons (Fsp3) is 0.217. The smallest absolute Gasteiger partial charge is 0.319 e. The van der Waals surface area contributed by atoms with Crippen LogP contribution in [-0.4, -0.2) is 11.9 Å². The molecule has 1 unspecified atom stereocenters. The summed E-state index contributed by atoms with van der Waals surface area (Å²) in [5.41, 5.74) is 2.53. The average molecular weight is 373 g/mol. The van der Waals surface area contributed by atoms with Crippen LogP contribution in [0.3, 0.4) is 0 Å². The molecule has 1 aliphatic carbocycles. The number of fused-ring (bicyclic) bond motifs is 1. The Kier molecular flexibility index (Phi) is 4.98. The van der Waals surface area contributed by atoms with E-state index in [-0.39, 0.29) is 23.9 Å². The van der Waals surface area contributed by atoms with Gasteiger partial charge in [0.15, 0.2) is 0 Å². The Morgan fingerprint density at radius 2 is 1.61 bits per heavy atom. The minimum absolute atomic E-state index is 0.0911. The van der Waals surface area contributed by atoms with Crippen molar-refractivity contribution in [3.63, 3.8) is 0 Å². The number of hydrogen-bond acceptors (Lipinski definition) is 2. The molecule has 0 spiro atoms. The Morgan fingerprint density at radius 1 is 0.893 bits per heavy atom. The lowest BCUT2D eigenvalue weighted by Crippen LogP contribution is -2.31. The second-order valence-corrected chi connectivity index (χ2v) is 7.23. The largest absolute Gasteiger partial charge is 0.331 e. The van der Waals surface area contributed by atoms with E-state index >= 15 is 0 Å². The van der Waals surface area contributed by atoms with Crippen molar-refractivity contribution >= 4 is 34.1 Å². The van der Waals surface area contributed by atoms with E-state index in [1.807, 2.05) is 73.7 Å². The first-order chi connectivity index (χ1) is 13.6. The van der Waals surface area contributed by atoms with Crippen molar-refractivity contribution < 1.29 is 9.59 Å². The van der Waals surface area contributed by atoms with Gasteiger partial charge in [-0.1, -0.05) is 48.5 Å². The van der Waals surface area contributed by atoms with Gasteiger partial charge in [0.25, 0.3) is 0 Å². The molecular weight excluding hydrogens is 350 g/mol. The molecule has 0 aliphatic heterocycles. The number of amides is 3. The van der Waals surface area contributed by atoms with E-state index in [2.05, 4.69) is 16.0 Å². The number of carbonyl (C=O) groups excluding carboxylic acids is 2. The summed E-state index contributed by atoms with van der Waals surface area (Å²) in [5, 5.41) is 10.9. The first kappa shape index (κ1) is 18.0. The molecule has 3 aromatic rings. The molecule has 3 amide bonds. The Bertz CT molecular complexity index is 1000. The van der Waals surface area contributed by atoms with Gasteiger partial charge in [-0.15, -0.1) is 0 Å². The first-order valence-electron chi connectivity index (χ1n) is 9.56. The fourth-order valence-electron chi connectivity index (χ4n) is 3.22. The lowest BCUT2D eigenvalue weighted by atomic mass is 10.1. The van der Waals surface area contributed by atoms with Crippen LogP contribution in [0, 0.1) is 5.92 Å². The number of benzene rings is 3. The van der Waals surface area contributed by atoms with Gasteiger partial charge in [0.2, 0.25) is 5.91 Å². The second kappa shape index (κ2) is 7.72. The summed E-state index contributed by atoms with van der Waals surface area (Å²) in [5.74, 6) is 0.270. The van der Waals surface area contributed by atoms with Crippen LogP contribution in [0.1, 0.15) is 31.4 Å². The standard InChI is InChI=1S/C23H23N3O2/c1-15(16-11-13-19(14-12-16)25-22(27)18-9-10-18)24-23(28)26-21-8-4-6-17-5-2-3-7-20(17)21/h2-8,11-15,18H,9-10H2,1H3,(H,25,27)(H2,24,26,28). The maximum atomic E-state index is 12.5. The number of rotatable bonds is 5. The molecule has 3 aromatic carbocycles. The summed E-state index contributed by atoms with van der Waals surface area (Å²) in [4.78, 5) is 24.3. The fourth-order valence-corrected chi connectivity index (χ4v) is 3.22. The van der Waals surface area contributed by atoms with E-state index in [1.54, 1.807) is 0 Å². The molecule has 5 nitrogen and oxygen atoms in total. The van der Waals surface area contributed by atoms with Gasteiger partial charge in [-0.3, -0.25) is 4.79 Å². The molecule has 0 aromatic heterocycles. The predicted octanol–water partition coefficient (Wildman–Crippen LogP) is 5.07. The molecule has 28 heavy (non-hydrogen) atoms. The monoisotopic (exact) mass is 373 g/mol. The van der Waals surface area contributed by atoms with Crippen LogP contribution < -0.4 is 16.0 Å². The summed E-state index contributed by atoms with van der Waals surface area (Å²) in [6, 6.07) is 20.9. The molecule has 5 heteroatoms. The van der Waals surface area contributed by atoms with E-state index < -0.39 is 0 Å². The van der Waals surface area contributed by atoms with Crippen LogP contribution >= 0.6 is 0 Å². The molecule has 0 saturated heterocycles. The molecule has 0 radical (unpaired) electrons. The molecule has 0 bridgehead atoms. The van der Waals surface area contributed by atoms with Gasteiger partial charge in [-0.2, -0.15) is 0 Å². The van der Waals surface area contributed by atoms with Crippen LogP contribution in [0.4, 0.5) is 16.2 Å². The number of carbonyl (C=O) groups is 2. The topological polar surface area (TPSA) is 70.2 Å². The second-order valence-electron chi connectivity index (χ2n) is 7.23. The molecule has 1 fully saturated rings. The van der Waals surface area contributed by atoms with E-state index in [0.29, 0.717) is 0 Å². The third-order valence-corrected chi connectivity index (χ3v) is 5.01. The summed E-state index contributed by atoms with van der Waals surface area (Å²) < 4.78 is 0. The van der Waals surface area contributed by atoms with Gasteiger partial charge < -0.3 is 16.0 Å². The molecule has 142 valence electrons. The highest BCUT2D eigenvalue weighted by atomic mass is 16.2. The summed E-state index contributed by atoms with van der Waals surface area (Å²) in [6.45, 7) is 1.93. The number of anilines is 2. The third kappa shape index (κ3) is 4.14. The van der Waals surface area contributed by atoms with Crippen molar-refractivity contribution in [3.8, 4) is 0 Å². The van der Waals surface area contributed by atoms with Crippen molar-refractivity contribution in [2.24, 2.45) is 5.92 Å². The minimum atomic E-state index is -0.255. The van der Waals surface area contributed by atoms with Crippen LogP contribution in [0.15, 0.2) is 66.7 Å². The van der Waals surface area contributed by atoms with Crippen molar-refractivity contribution in [1.82, 2.24) is 5.32 Å². The summed E-state index contributed by atoms with van der Waals surface area (Å²) in [7, 11) is 0. The Morgan fingerprint density at radius 3 is 2.36 bits per heavy atom. The van der Waals surface area contributed by atoms with E-state index in [9.17, 15) is 9.59 Å². The number of hydrogen-bond donors (Lipinski definition) is 3. The van der Waals surface area contributed by atoms with Crippen LogP contribution in [-0.2, 0) is 4.79 Å². The Labute approximate surface area is 164 Å². The lowest BCUT2D eigenvalue weighted by molar-refractivity contribution is -0.117. The zero-order valence-electron chi connectivity index (χ0n) is 15.7. The quantitative estimate of drug-likeness (QED) is 0.584. The van der Waals surface area contributed by atoms with Gasteiger partial charge >= 0.3 is 6.03 Å². The summed E-state index contributed by atoms with van der Waals surface area (Å²) >= 11 is 0. The van der Waals surface area contributed by atoms with E-state index in [1.165, 1.54) is 0 Å². The third-order valence-electron chi connectivity index (χ3n) is 5.01. The maximum absolute atomic E-state index is 12.5. The highest BCUT2D eigenvalue weighted by Gasteiger charge is 2.29. The lowest BCUT2D eigenvalue weighted by Gasteiger charge is -2.16. The molecular formula is C23H23N3O2. The van der Waals surface area contributed by atoms with Crippen LogP contribution in [0.2, 0.25) is 0 Å². The van der Waals surface area contributed by atoms with Crippen molar-refractivity contribution in [2.75, 3.05) is 10.6 Å². The van der Waals surface area contributed by atoms with Gasteiger partial charge in [0.05, 0.1) is 11.7 Å². The van der Waals surface area contributed by atoms with E-state index in [0.717, 1.165) is 40.6 Å². The Hall–Kier alpha value is -3.34. The van der Waals surface area contributed by atoms with Gasteiger partial charge in [0.1, 0.15) is 0 Å². The molecule has 3 N–H and O–H groups in total. The Balaban J connectivity index is 1.38. The highest BCUT2D eigenvalue weighted by molar-refractivity contribution is 6.01. The van der Waals surface area contributed by atoms with Gasteiger partial charge in [-0.05, 0) is 48.9 Å².